The highest BCUT2D eigenvalue weighted by molar-refractivity contribution is 5.83. The summed E-state index contributed by atoms with van der Waals surface area (Å²) in [4.78, 5) is 13.2. The Morgan fingerprint density at radius 3 is 2.28 bits per heavy atom. The Kier molecular flexibility index (Phi) is 7.09. The van der Waals surface area contributed by atoms with Crippen LogP contribution in [0.25, 0.3) is 11.1 Å². The molecule has 3 rings (SSSR count). The first-order valence-electron chi connectivity index (χ1n) is 10.5. The average Bonchev–Trinajstić information content (AvgIpc) is 2.68. The summed E-state index contributed by atoms with van der Waals surface area (Å²) in [5.74, 6) is 0.115. The molecule has 29 heavy (non-hydrogen) atoms. The second kappa shape index (κ2) is 9.55. The van der Waals surface area contributed by atoms with Crippen LogP contribution >= 0.6 is 0 Å². The Balaban J connectivity index is 1.78. The molecule has 0 bridgehead atoms. The van der Waals surface area contributed by atoms with Gasteiger partial charge in [0.2, 0.25) is 5.91 Å². The average molecular weight is 396 g/mol. The normalized spacial score (nSPS) is 17.0. The Bertz CT molecular complexity index is 802. The highest BCUT2D eigenvalue weighted by atomic mass is 16.5. The fraction of sp³-hybridized carbons (Fsp3) is 0.480. The molecule has 156 valence electrons. The van der Waals surface area contributed by atoms with E-state index in [0.29, 0.717) is 19.8 Å². The van der Waals surface area contributed by atoms with Crippen molar-refractivity contribution in [2.45, 2.75) is 46.1 Å². The zero-order valence-electron chi connectivity index (χ0n) is 18.1. The summed E-state index contributed by atoms with van der Waals surface area (Å²) < 4.78 is 10.7. The highest BCUT2D eigenvalue weighted by Crippen LogP contribution is 2.35. The van der Waals surface area contributed by atoms with E-state index in [0.717, 1.165) is 19.3 Å². The largest absolute Gasteiger partial charge is 0.383 e. The number of nitrogens with one attached hydrogen (secondary N) is 1. The van der Waals surface area contributed by atoms with E-state index in [-0.39, 0.29) is 11.9 Å². The number of carbonyl (C=O) groups is 1. The lowest BCUT2D eigenvalue weighted by Crippen LogP contribution is -2.49. The molecule has 4 nitrogen and oxygen atoms in total. The first-order chi connectivity index (χ1) is 13.9. The third-order valence-corrected chi connectivity index (χ3v) is 5.78. The van der Waals surface area contributed by atoms with Crippen molar-refractivity contribution in [1.29, 1.82) is 0 Å². The van der Waals surface area contributed by atoms with Crippen molar-refractivity contribution in [3.63, 3.8) is 0 Å². The molecule has 0 radical (unpaired) electrons. The molecule has 2 aromatic rings. The zero-order chi connectivity index (χ0) is 20.9. The molecule has 1 atom stereocenters. The summed E-state index contributed by atoms with van der Waals surface area (Å²) in [6, 6.07) is 15.3. The molecule has 4 heteroatoms. The standard InChI is InChI=1S/C25H33NO3/c1-18-13-19(2)15-23(14-18)22-7-5-21(6-8-22)16-25(9-11-29-12-10-25)24(27)26-20(3)17-28-4/h5-8,13-15,20H,9-12,16-17H2,1-4H3,(H,26,27). The molecule has 0 aromatic heterocycles. The van der Waals surface area contributed by atoms with E-state index in [1.165, 1.54) is 27.8 Å². The minimum absolute atomic E-state index is 0.000782. The number of rotatable bonds is 7. The van der Waals surface area contributed by atoms with Gasteiger partial charge in [0, 0.05) is 26.4 Å². The minimum atomic E-state index is -0.415. The Morgan fingerprint density at radius 2 is 1.69 bits per heavy atom. The molecule has 1 N–H and O–H groups in total. The molecule has 1 unspecified atom stereocenters. The lowest BCUT2D eigenvalue weighted by molar-refractivity contribution is -0.137. The van der Waals surface area contributed by atoms with E-state index in [1.807, 2.05) is 6.92 Å². The fourth-order valence-electron chi connectivity index (χ4n) is 4.26. The maximum Gasteiger partial charge on any atom is 0.227 e. The quantitative estimate of drug-likeness (QED) is 0.753. The van der Waals surface area contributed by atoms with Crippen LogP contribution < -0.4 is 5.32 Å². The van der Waals surface area contributed by atoms with Gasteiger partial charge in [-0.05, 0) is 56.7 Å². The minimum Gasteiger partial charge on any atom is -0.383 e. The Hall–Kier alpha value is -2.17. The Labute approximate surface area is 174 Å². The summed E-state index contributed by atoms with van der Waals surface area (Å²) in [5, 5.41) is 3.14. The van der Waals surface area contributed by atoms with Crippen LogP contribution in [0.4, 0.5) is 0 Å². The van der Waals surface area contributed by atoms with Crippen molar-refractivity contribution in [2.24, 2.45) is 5.41 Å². The molecule has 0 spiro atoms. The third-order valence-electron chi connectivity index (χ3n) is 5.78. The number of hydrogen-bond acceptors (Lipinski definition) is 3. The van der Waals surface area contributed by atoms with Gasteiger partial charge in [-0.2, -0.15) is 0 Å². The van der Waals surface area contributed by atoms with Gasteiger partial charge < -0.3 is 14.8 Å². The van der Waals surface area contributed by atoms with Crippen molar-refractivity contribution < 1.29 is 14.3 Å². The van der Waals surface area contributed by atoms with Crippen LogP contribution in [0, 0.1) is 19.3 Å². The number of benzene rings is 2. The molecule has 1 aliphatic heterocycles. The van der Waals surface area contributed by atoms with E-state index in [2.05, 4.69) is 61.6 Å². The van der Waals surface area contributed by atoms with Gasteiger partial charge in [0.15, 0.2) is 0 Å². The van der Waals surface area contributed by atoms with E-state index >= 15 is 0 Å². The topological polar surface area (TPSA) is 47.6 Å². The molecule has 0 aliphatic carbocycles. The van der Waals surface area contributed by atoms with Crippen molar-refractivity contribution in [2.75, 3.05) is 26.9 Å². The van der Waals surface area contributed by atoms with Crippen LogP contribution in [0.15, 0.2) is 42.5 Å². The second-order valence-electron chi connectivity index (χ2n) is 8.47. The van der Waals surface area contributed by atoms with Gasteiger partial charge in [0.05, 0.1) is 12.0 Å². The van der Waals surface area contributed by atoms with Crippen LogP contribution in [-0.2, 0) is 20.7 Å². The van der Waals surface area contributed by atoms with E-state index in [1.54, 1.807) is 7.11 Å². The monoisotopic (exact) mass is 395 g/mol. The molecule has 1 fully saturated rings. The summed E-state index contributed by atoms with van der Waals surface area (Å²) in [5.41, 5.74) is 5.76. The lowest BCUT2D eigenvalue weighted by atomic mass is 9.74. The van der Waals surface area contributed by atoms with Gasteiger partial charge >= 0.3 is 0 Å². The Morgan fingerprint density at radius 1 is 1.07 bits per heavy atom. The van der Waals surface area contributed by atoms with Gasteiger partial charge in [0.1, 0.15) is 0 Å². The summed E-state index contributed by atoms with van der Waals surface area (Å²) >= 11 is 0. The van der Waals surface area contributed by atoms with E-state index in [4.69, 9.17) is 9.47 Å². The summed E-state index contributed by atoms with van der Waals surface area (Å²) in [6.45, 7) is 8.02. The molecular weight excluding hydrogens is 362 g/mol. The van der Waals surface area contributed by atoms with Crippen LogP contribution in [0.1, 0.15) is 36.5 Å². The molecule has 1 heterocycles. The van der Waals surface area contributed by atoms with Gasteiger partial charge in [-0.3, -0.25) is 4.79 Å². The zero-order valence-corrected chi connectivity index (χ0v) is 18.1. The molecule has 2 aromatic carbocycles. The number of ether oxygens (including phenoxy) is 2. The maximum absolute atomic E-state index is 13.2. The number of carbonyl (C=O) groups excluding carboxylic acids is 1. The van der Waals surface area contributed by atoms with Gasteiger partial charge in [-0.15, -0.1) is 0 Å². The van der Waals surface area contributed by atoms with Crippen LogP contribution in [-0.4, -0.2) is 38.9 Å². The predicted molar refractivity (Wildman–Crippen MR) is 117 cm³/mol. The molecule has 1 saturated heterocycles. The molecule has 1 amide bonds. The summed E-state index contributed by atoms with van der Waals surface area (Å²) in [7, 11) is 1.66. The van der Waals surface area contributed by atoms with Crippen molar-refractivity contribution in [3.8, 4) is 11.1 Å². The predicted octanol–water partition coefficient (Wildman–Crippen LogP) is 4.46. The third kappa shape index (κ3) is 5.46. The van der Waals surface area contributed by atoms with Gasteiger partial charge in [-0.25, -0.2) is 0 Å². The van der Waals surface area contributed by atoms with Gasteiger partial charge in [0.25, 0.3) is 0 Å². The number of amides is 1. The summed E-state index contributed by atoms with van der Waals surface area (Å²) in [6.07, 6.45) is 2.23. The number of hydrogen-bond donors (Lipinski definition) is 1. The van der Waals surface area contributed by atoms with Crippen LogP contribution in [0.2, 0.25) is 0 Å². The van der Waals surface area contributed by atoms with E-state index in [9.17, 15) is 4.79 Å². The fourth-order valence-corrected chi connectivity index (χ4v) is 4.26. The first kappa shape index (κ1) is 21.5. The van der Waals surface area contributed by atoms with Crippen molar-refractivity contribution in [3.05, 3.63) is 59.2 Å². The molecular formula is C25H33NO3. The lowest BCUT2D eigenvalue weighted by Gasteiger charge is -2.36. The number of methoxy groups -OCH3 is 1. The van der Waals surface area contributed by atoms with Crippen LogP contribution in [0.3, 0.4) is 0 Å². The number of aryl methyl sites for hydroxylation is 2. The van der Waals surface area contributed by atoms with Gasteiger partial charge in [-0.1, -0.05) is 53.6 Å². The van der Waals surface area contributed by atoms with Crippen molar-refractivity contribution in [1.82, 2.24) is 5.32 Å². The molecule has 1 aliphatic rings. The van der Waals surface area contributed by atoms with Crippen LogP contribution in [0.5, 0.6) is 0 Å². The van der Waals surface area contributed by atoms with E-state index < -0.39 is 5.41 Å². The SMILES string of the molecule is COCC(C)NC(=O)C1(Cc2ccc(-c3cc(C)cc(C)c3)cc2)CCOCC1. The maximum atomic E-state index is 13.2. The first-order valence-corrected chi connectivity index (χ1v) is 10.5. The second-order valence-corrected chi connectivity index (χ2v) is 8.47. The van der Waals surface area contributed by atoms with Crippen molar-refractivity contribution >= 4 is 5.91 Å². The highest BCUT2D eigenvalue weighted by Gasteiger charge is 2.40. The molecule has 0 saturated carbocycles. The smallest absolute Gasteiger partial charge is 0.227 e.